The van der Waals surface area contributed by atoms with Gasteiger partial charge < -0.3 is 10.6 Å². The van der Waals surface area contributed by atoms with Gasteiger partial charge in [-0.1, -0.05) is 26.0 Å². The summed E-state index contributed by atoms with van der Waals surface area (Å²) in [6, 6.07) is 13.2. The summed E-state index contributed by atoms with van der Waals surface area (Å²) >= 11 is 0. The molecule has 0 spiro atoms. The van der Waals surface area contributed by atoms with Crippen molar-refractivity contribution in [2.24, 2.45) is 0 Å². The van der Waals surface area contributed by atoms with Gasteiger partial charge in [-0.25, -0.2) is 0 Å². The van der Waals surface area contributed by atoms with E-state index in [4.69, 9.17) is 5.73 Å². The number of nitrogen functional groups attached to an aromatic ring is 1. The Labute approximate surface area is 127 Å². The third-order valence-corrected chi connectivity index (χ3v) is 4.81. The van der Waals surface area contributed by atoms with Crippen molar-refractivity contribution < 1.29 is 0 Å². The number of nitrogens with two attached hydrogens (primary N) is 1. The van der Waals surface area contributed by atoms with Crippen molar-refractivity contribution in [3.05, 3.63) is 47.5 Å². The zero-order chi connectivity index (χ0) is 15.2. The van der Waals surface area contributed by atoms with Crippen molar-refractivity contribution in [1.29, 1.82) is 0 Å². The second kappa shape index (κ2) is 4.80. The van der Waals surface area contributed by atoms with Crippen molar-refractivity contribution >= 4 is 11.4 Å². The molecule has 2 nitrogen and oxygen atoms in total. The Morgan fingerprint density at radius 1 is 0.905 bits per heavy atom. The number of anilines is 2. The summed E-state index contributed by atoms with van der Waals surface area (Å²) in [6.45, 7) is 11.1. The summed E-state index contributed by atoms with van der Waals surface area (Å²) in [4.78, 5) is 2.40. The Hall–Kier alpha value is -1.96. The van der Waals surface area contributed by atoms with Gasteiger partial charge in [-0.15, -0.1) is 0 Å². The lowest BCUT2D eigenvalue weighted by Gasteiger charge is -2.25. The van der Waals surface area contributed by atoms with E-state index in [0.717, 1.165) is 18.8 Å². The van der Waals surface area contributed by atoms with Crippen molar-refractivity contribution in [2.45, 2.75) is 33.1 Å². The topological polar surface area (TPSA) is 29.3 Å². The van der Waals surface area contributed by atoms with Crippen LogP contribution in [0.2, 0.25) is 0 Å². The van der Waals surface area contributed by atoms with Gasteiger partial charge >= 0.3 is 0 Å². The Kier molecular flexibility index (Phi) is 3.20. The molecule has 1 aliphatic carbocycles. The highest BCUT2D eigenvalue weighted by molar-refractivity contribution is 5.83. The zero-order valence-electron chi connectivity index (χ0n) is 13.4. The molecule has 0 heterocycles. The fraction of sp³-hybridized carbons (Fsp3) is 0.368. The first kappa shape index (κ1) is 14.0. The van der Waals surface area contributed by atoms with Gasteiger partial charge in [-0.05, 0) is 60.4 Å². The molecule has 3 rings (SSSR count). The van der Waals surface area contributed by atoms with Crippen LogP contribution in [0.25, 0.3) is 11.1 Å². The van der Waals surface area contributed by atoms with Crippen molar-refractivity contribution in [2.75, 3.05) is 23.7 Å². The minimum absolute atomic E-state index is 0.0171. The maximum absolute atomic E-state index is 6.00. The van der Waals surface area contributed by atoms with Gasteiger partial charge in [0.15, 0.2) is 0 Å². The molecule has 0 atom stereocenters. The molecule has 1 aliphatic rings. The highest BCUT2D eigenvalue weighted by Crippen LogP contribution is 2.50. The molecule has 0 unspecified atom stereocenters. The summed E-state index contributed by atoms with van der Waals surface area (Å²) in [5.41, 5.74) is 13.6. The van der Waals surface area contributed by atoms with E-state index in [0.29, 0.717) is 0 Å². The van der Waals surface area contributed by atoms with E-state index in [1.807, 2.05) is 6.07 Å². The molecule has 0 saturated carbocycles. The molecule has 2 aromatic rings. The SMILES string of the molecule is CCN(CC)c1ccc2c(c1)C(C)(C)c1cc(N)ccc1-2. The maximum Gasteiger partial charge on any atom is 0.0369 e. The molecule has 110 valence electrons. The van der Waals surface area contributed by atoms with Crippen molar-refractivity contribution in [3.63, 3.8) is 0 Å². The van der Waals surface area contributed by atoms with E-state index in [1.54, 1.807) is 0 Å². The predicted molar refractivity (Wildman–Crippen MR) is 92.0 cm³/mol. The monoisotopic (exact) mass is 280 g/mol. The molecule has 0 bridgehead atoms. The van der Waals surface area contributed by atoms with Crippen LogP contribution < -0.4 is 10.6 Å². The summed E-state index contributed by atoms with van der Waals surface area (Å²) in [5, 5.41) is 0. The third kappa shape index (κ3) is 2.01. The second-order valence-corrected chi connectivity index (χ2v) is 6.33. The van der Waals surface area contributed by atoms with Gasteiger partial charge in [0.1, 0.15) is 0 Å². The molecule has 0 aromatic heterocycles. The van der Waals surface area contributed by atoms with Gasteiger partial charge in [0.05, 0.1) is 0 Å². The number of hydrogen-bond donors (Lipinski definition) is 1. The van der Waals surface area contributed by atoms with E-state index >= 15 is 0 Å². The summed E-state index contributed by atoms with van der Waals surface area (Å²) in [6.07, 6.45) is 0. The maximum atomic E-state index is 6.00. The molecule has 2 heteroatoms. The first-order valence-electron chi connectivity index (χ1n) is 7.79. The van der Waals surface area contributed by atoms with Crippen LogP contribution in [0.15, 0.2) is 36.4 Å². The van der Waals surface area contributed by atoms with Crippen LogP contribution in [0, 0.1) is 0 Å². The molecule has 0 fully saturated rings. The van der Waals surface area contributed by atoms with Crippen molar-refractivity contribution in [1.82, 2.24) is 0 Å². The quantitative estimate of drug-likeness (QED) is 0.843. The van der Waals surface area contributed by atoms with Gasteiger partial charge in [-0.2, -0.15) is 0 Å². The zero-order valence-corrected chi connectivity index (χ0v) is 13.4. The van der Waals surface area contributed by atoms with Crippen LogP contribution in [0.1, 0.15) is 38.8 Å². The van der Waals surface area contributed by atoms with Crippen LogP contribution in [0.3, 0.4) is 0 Å². The second-order valence-electron chi connectivity index (χ2n) is 6.33. The third-order valence-electron chi connectivity index (χ3n) is 4.81. The lowest BCUT2D eigenvalue weighted by Crippen LogP contribution is -2.22. The molecular formula is C19H24N2. The Bertz CT molecular complexity index is 682. The summed E-state index contributed by atoms with van der Waals surface area (Å²) in [5.74, 6) is 0. The fourth-order valence-electron chi connectivity index (χ4n) is 3.53. The smallest absolute Gasteiger partial charge is 0.0369 e. The lowest BCUT2D eigenvalue weighted by molar-refractivity contribution is 0.660. The Morgan fingerprint density at radius 2 is 1.48 bits per heavy atom. The van der Waals surface area contributed by atoms with E-state index in [9.17, 15) is 0 Å². The first-order chi connectivity index (χ1) is 9.98. The van der Waals surface area contributed by atoms with Crippen LogP contribution in [-0.2, 0) is 5.41 Å². The minimum atomic E-state index is 0.0171. The number of benzene rings is 2. The summed E-state index contributed by atoms with van der Waals surface area (Å²) < 4.78 is 0. The lowest BCUT2D eigenvalue weighted by atomic mass is 9.82. The molecule has 2 N–H and O–H groups in total. The van der Waals surface area contributed by atoms with Crippen LogP contribution in [0.4, 0.5) is 11.4 Å². The average Bonchev–Trinajstić information content (AvgIpc) is 2.69. The van der Waals surface area contributed by atoms with Gasteiger partial charge in [0.2, 0.25) is 0 Å². The number of rotatable bonds is 3. The van der Waals surface area contributed by atoms with E-state index in [2.05, 4.69) is 62.9 Å². The molecule has 21 heavy (non-hydrogen) atoms. The van der Waals surface area contributed by atoms with Crippen LogP contribution >= 0.6 is 0 Å². The standard InChI is InChI=1S/C19H24N2/c1-5-21(6-2)14-8-10-16-15-9-7-13(20)11-17(15)19(3,4)18(16)12-14/h7-12H,5-6,20H2,1-4H3. The Morgan fingerprint density at radius 3 is 2.10 bits per heavy atom. The van der Waals surface area contributed by atoms with E-state index in [-0.39, 0.29) is 5.41 Å². The number of hydrogen-bond acceptors (Lipinski definition) is 2. The molecule has 0 saturated heterocycles. The number of fused-ring (bicyclic) bond motifs is 3. The Balaban J connectivity index is 2.18. The van der Waals surface area contributed by atoms with Gasteiger partial charge in [0.25, 0.3) is 0 Å². The molecule has 0 amide bonds. The van der Waals surface area contributed by atoms with Crippen molar-refractivity contribution in [3.8, 4) is 11.1 Å². The van der Waals surface area contributed by atoms with Crippen LogP contribution in [-0.4, -0.2) is 13.1 Å². The minimum Gasteiger partial charge on any atom is -0.399 e. The fourth-order valence-corrected chi connectivity index (χ4v) is 3.53. The molecule has 0 radical (unpaired) electrons. The first-order valence-corrected chi connectivity index (χ1v) is 7.79. The highest BCUT2D eigenvalue weighted by atomic mass is 15.1. The number of nitrogens with zero attached hydrogens (tertiary/aromatic N) is 1. The largest absolute Gasteiger partial charge is 0.399 e. The average molecular weight is 280 g/mol. The van der Waals surface area contributed by atoms with Crippen LogP contribution in [0.5, 0.6) is 0 Å². The normalized spacial score (nSPS) is 14.7. The van der Waals surface area contributed by atoms with E-state index in [1.165, 1.54) is 27.9 Å². The summed E-state index contributed by atoms with van der Waals surface area (Å²) in [7, 11) is 0. The molecule has 2 aromatic carbocycles. The van der Waals surface area contributed by atoms with Gasteiger partial charge in [-0.3, -0.25) is 0 Å². The molecular weight excluding hydrogens is 256 g/mol. The van der Waals surface area contributed by atoms with Gasteiger partial charge in [0, 0.05) is 29.9 Å². The highest BCUT2D eigenvalue weighted by Gasteiger charge is 2.35. The molecule has 0 aliphatic heterocycles. The van der Waals surface area contributed by atoms with E-state index < -0.39 is 0 Å². The predicted octanol–water partition coefficient (Wildman–Crippen LogP) is 4.42.